The fourth-order valence-electron chi connectivity index (χ4n) is 2.92. The molecule has 7 heteroatoms. The third-order valence-electron chi connectivity index (χ3n) is 4.20. The Morgan fingerprint density at radius 2 is 1.88 bits per heavy atom. The minimum Gasteiger partial charge on any atom is -0.373 e. The zero-order valence-corrected chi connectivity index (χ0v) is 13.6. The summed E-state index contributed by atoms with van der Waals surface area (Å²) in [6.07, 6.45) is 0.873. The fraction of sp³-hybridized carbons (Fsp3) is 0.278. The molecule has 0 aliphatic carbocycles. The van der Waals surface area contributed by atoms with Crippen molar-refractivity contribution in [3.63, 3.8) is 0 Å². The Bertz CT molecular complexity index is 734. The summed E-state index contributed by atoms with van der Waals surface area (Å²) in [6.45, 7) is 1.17. The summed E-state index contributed by atoms with van der Waals surface area (Å²) in [5.41, 5.74) is 1.60. The van der Waals surface area contributed by atoms with Crippen LogP contribution in [0.4, 0.5) is 16.2 Å². The van der Waals surface area contributed by atoms with Gasteiger partial charge in [0.1, 0.15) is 0 Å². The van der Waals surface area contributed by atoms with Gasteiger partial charge in [0, 0.05) is 36.9 Å². The van der Waals surface area contributed by atoms with Crippen molar-refractivity contribution in [2.75, 3.05) is 18.5 Å². The van der Waals surface area contributed by atoms with Crippen LogP contribution >= 0.6 is 0 Å². The molecule has 0 radical (unpaired) electrons. The van der Waals surface area contributed by atoms with Gasteiger partial charge in [0.15, 0.2) is 0 Å². The molecule has 7 nitrogen and oxygen atoms in total. The lowest BCUT2D eigenvalue weighted by molar-refractivity contribution is -0.384. The van der Waals surface area contributed by atoms with Gasteiger partial charge in [-0.15, -0.1) is 0 Å². The molecule has 3 rings (SSSR count). The third kappa shape index (κ3) is 4.33. The molecule has 1 fully saturated rings. The molecule has 2 aromatic carbocycles. The molecule has 2 amide bonds. The van der Waals surface area contributed by atoms with Crippen molar-refractivity contribution < 1.29 is 14.5 Å². The van der Waals surface area contributed by atoms with Gasteiger partial charge in [0.25, 0.3) is 5.69 Å². The van der Waals surface area contributed by atoms with Crippen molar-refractivity contribution >= 4 is 17.4 Å². The summed E-state index contributed by atoms with van der Waals surface area (Å²) < 4.78 is 5.80. The zero-order valence-electron chi connectivity index (χ0n) is 13.6. The largest absolute Gasteiger partial charge is 0.373 e. The minimum atomic E-state index is -0.479. The molecular weight excluding hydrogens is 322 g/mol. The van der Waals surface area contributed by atoms with E-state index in [1.807, 2.05) is 30.3 Å². The zero-order chi connectivity index (χ0) is 17.6. The number of non-ortho nitro benzene ring substituents is 1. The molecule has 1 heterocycles. The van der Waals surface area contributed by atoms with Crippen LogP contribution in [0.25, 0.3) is 0 Å². The summed E-state index contributed by atoms with van der Waals surface area (Å²) in [5.74, 6) is 0.213. The highest BCUT2D eigenvalue weighted by Crippen LogP contribution is 2.33. The molecule has 1 aliphatic heterocycles. The fourth-order valence-corrected chi connectivity index (χ4v) is 2.92. The second-order valence-electron chi connectivity index (χ2n) is 5.89. The number of ether oxygens (including phenoxy) is 1. The molecule has 2 unspecified atom stereocenters. The van der Waals surface area contributed by atoms with Gasteiger partial charge in [-0.05, 0) is 24.1 Å². The van der Waals surface area contributed by atoms with E-state index >= 15 is 0 Å². The number of nitrogens with zero attached hydrogens (tertiary/aromatic N) is 1. The summed E-state index contributed by atoms with van der Waals surface area (Å²) in [4.78, 5) is 22.2. The van der Waals surface area contributed by atoms with Gasteiger partial charge in [-0.2, -0.15) is 0 Å². The summed E-state index contributed by atoms with van der Waals surface area (Å²) >= 11 is 0. The average Bonchev–Trinajstić information content (AvgIpc) is 3.10. The molecule has 0 spiro atoms. The lowest BCUT2D eigenvalue weighted by Gasteiger charge is -2.19. The number of urea groups is 1. The Morgan fingerprint density at radius 1 is 1.16 bits per heavy atom. The first-order valence-electron chi connectivity index (χ1n) is 8.09. The molecule has 1 saturated heterocycles. The van der Waals surface area contributed by atoms with Crippen LogP contribution in [0.5, 0.6) is 0 Å². The van der Waals surface area contributed by atoms with Crippen molar-refractivity contribution in [2.24, 2.45) is 5.92 Å². The SMILES string of the molecule is O=C(NCC1CCOC1c1ccccc1)Nc1ccc([N+](=O)[O-])cc1. The second kappa shape index (κ2) is 7.76. The van der Waals surface area contributed by atoms with Crippen LogP contribution in [0.3, 0.4) is 0 Å². The number of carbonyl (C=O) groups is 1. The van der Waals surface area contributed by atoms with Crippen LogP contribution in [-0.2, 0) is 4.74 Å². The summed E-state index contributed by atoms with van der Waals surface area (Å²) in [6, 6.07) is 15.3. The van der Waals surface area contributed by atoms with E-state index in [4.69, 9.17) is 4.74 Å². The van der Waals surface area contributed by atoms with Crippen molar-refractivity contribution in [3.8, 4) is 0 Å². The molecule has 130 valence electrons. The molecule has 1 aliphatic rings. The number of hydrogen-bond donors (Lipinski definition) is 2. The highest BCUT2D eigenvalue weighted by molar-refractivity contribution is 5.89. The maximum atomic E-state index is 12.0. The first kappa shape index (κ1) is 16.9. The van der Waals surface area contributed by atoms with Crippen LogP contribution in [0, 0.1) is 16.0 Å². The molecule has 2 aromatic rings. The monoisotopic (exact) mass is 341 g/mol. The predicted octanol–water partition coefficient (Wildman–Crippen LogP) is 3.49. The number of carbonyl (C=O) groups excluding carboxylic acids is 1. The molecule has 2 atom stereocenters. The highest BCUT2D eigenvalue weighted by atomic mass is 16.6. The highest BCUT2D eigenvalue weighted by Gasteiger charge is 2.29. The van der Waals surface area contributed by atoms with Gasteiger partial charge in [-0.3, -0.25) is 10.1 Å². The van der Waals surface area contributed by atoms with Crippen LogP contribution in [0.1, 0.15) is 18.1 Å². The van der Waals surface area contributed by atoms with E-state index in [9.17, 15) is 14.9 Å². The van der Waals surface area contributed by atoms with E-state index in [-0.39, 0.29) is 23.7 Å². The van der Waals surface area contributed by atoms with E-state index in [0.717, 1.165) is 12.0 Å². The Hall–Kier alpha value is -2.93. The second-order valence-corrected chi connectivity index (χ2v) is 5.89. The van der Waals surface area contributed by atoms with Gasteiger partial charge < -0.3 is 15.4 Å². The van der Waals surface area contributed by atoms with E-state index < -0.39 is 4.92 Å². The van der Waals surface area contributed by atoms with Crippen molar-refractivity contribution in [2.45, 2.75) is 12.5 Å². The Balaban J connectivity index is 1.52. The Kier molecular flexibility index (Phi) is 5.25. The summed E-state index contributed by atoms with van der Waals surface area (Å²) in [7, 11) is 0. The first-order valence-corrected chi connectivity index (χ1v) is 8.09. The molecule has 0 saturated carbocycles. The molecule has 25 heavy (non-hydrogen) atoms. The number of nitro groups is 1. The minimum absolute atomic E-state index is 0.0131. The number of benzene rings is 2. The van der Waals surface area contributed by atoms with Crippen LogP contribution < -0.4 is 10.6 Å². The van der Waals surface area contributed by atoms with Crippen molar-refractivity contribution in [3.05, 3.63) is 70.3 Å². The quantitative estimate of drug-likeness (QED) is 0.643. The number of amides is 2. The van der Waals surface area contributed by atoms with Gasteiger partial charge >= 0.3 is 6.03 Å². The van der Waals surface area contributed by atoms with Crippen molar-refractivity contribution in [1.82, 2.24) is 5.32 Å². The maximum Gasteiger partial charge on any atom is 0.319 e. The van der Waals surface area contributed by atoms with E-state index in [0.29, 0.717) is 18.8 Å². The van der Waals surface area contributed by atoms with Crippen LogP contribution in [0.15, 0.2) is 54.6 Å². The lowest BCUT2D eigenvalue weighted by atomic mass is 9.95. The number of nitrogens with one attached hydrogen (secondary N) is 2. The van der Waals surface area contributed by atoms with Crippen molar-refractivity contribution in [1.29, 1.82) is 0 Å². The number of anilines is 1. The van der Waals surface area contributed by atoms with E-state index in [1.54, 1.807) is 0 Å². The number of hydrogen-bond acceptors (Lipinski definition) is 4. The number of rotatable bonds is 5. The van der Waals surface area contributed by atoms with Gasteiger partial charge in [-0.25, -0.2) is 4.79 Å². The summed E-state index contributed by atoms with van der Waals surface area (Å²) in [5, 5.41) is 16.1. The molecule has 0 bridgehead atoms. The topological polar surface area (TPSA) is 93.5 Å². The van der Waals surface area contributed by atoms with Crippen LogP contribution in [-0.4, -0.2) is 24.1 Å². The predicted molar refractivity (Wildman–Crippen MR) is 93.4 cm³/mol. The third-order valence-corrected chi connectivity index (χ3v) is 4.20. The first-order chi connectivity index (χ1) is 12.1. The standard InChI is InChI=1S/C18H19N3O4/c22-18(20-15-6-8-16(9-7-15)21(23)24)19-12-14-10-11-25-17(14)13-4-2-1-3-5-13/h1-9,14,17H,10-12H2,(H2,19,20,22). The normalized spacial score (nSPS) is 19.4. The van der Waals surface area contributed by atoms with Gasteiger partial charge in [0.2, 0.25) is 0 Å². The smallest absolute Gasteiger partial charge is 0.319 e. The molecule has 0 aromatic heterocycles. The maximum absolute atomic E-state index is 12.0. The number of nitro benzene ring substituents is 1. The molecule has 2 N–H and O–H groups in total. The van der Waals surface area contributed by atoms with Gasteiger partial charge in [-0.1, -0.05) is 30.3 Å². The average molecular weight is 341 g/mol. The lowest BCUT2D eigenvalue weighted by Crippen LogP contribution is -2.34. The van der Waals surface area contributed by atoms with Gasteiger partial charge in [0.05, 0.1) is 11.0 Å². The van der Waals surface area contributed by atoms with Crippen LogP contribution in [0.2, 0.25) is 0 Å². The van der Waals surface area contributed by atoms with E-state index in [1.165, 1.54) is 24.3 Å². The molecular formula is C18H19N3O4. The Labute approximate surface area is 145 Å². The Morgan fingerprint density at radius 3 is 2.56 bits per heavy atom. The van der Waals surface area contributed by atoms with E-state index in [2.05, 4.69) is 10.6 Å².